The predicted octanol–water partition coefficient (Wildman–Crippen LogP) is 6.88. The zero-order valence-electron chi connectivity index (χ0n) is 13.2. The van der Waals surface area contributed by atoms with E-state index in [2.05, 4.69) is 11.9 Å². The number of rotatable bonds is 3. The highest BCUT2D eigenvalue weighted by atomic mass is 35.5. The molecule has 0 aliphatic heterocycles. The van der Waals surface area contributed by atoms with Crippen LogP contribution in [0.4, 0.5) is 4.39 Å². The van der Waals surface area contributed by atoms with E-state index < -0.39 is 0 Å². The van der Waals surface area contributed by atoms with Gasteiger partial charge in [0.05, 0.1) is 5.02 Å². The van der Waals surface area contributed by atoms with Crippen LogP contribution in [0.25, 0.3) is 11.1 Å². The van der Waals surface area contributed by atoms with Gasteiger partial charge in [-0.15, -0.1) is 0 Å². The monoisotopic (exact) mass is 351 g/mol. The lowest BCUT2D eigenvalue weighted by molar-refractivity contribution is 0.314. The van der Waals surface area contributed by atoms with Gasteiger partial charge in [-0.2, -0.15) is 0 Å². The Morgan fingerprint density at radius 2 is 1.83 bits per heavy atom. The summed E-state index contributed by atoms with van der Waals surface area (Å²) in [6.07, 6.45) is 7.44. The summed E-state index contributed by atoms with van der Waals surface area (Å²) in [5.41, 5.74) is 2.40. The molecule has 4 heteroatoms. The van der Waals surface area contributed by atoms with Crippen LogP contribution in [0, 0.1) is 11.7 Å². The first-order valence-electron chi connectivity index (χ1n) is 8.19. The number of nitrogens with zero attached hydrogens (tertiary/aromatic N) is 1. The molecule has 1 aromatic heterocycles. The molecule has 1 fully saturated rings. The van der Waals surface area contributed by atoms with Crippen molar-refractivity contribution in [1.82, 2.24) is 4.98 Å². The van der Waals surface area contributed by atoms with Gasteiger partial charge in [0.25, 0.3) is 0 Å². The molecule has 1 aromatic carbocycles. The SMILES string of the molecule is CC[C@H]1CC[C@H](c2ccc(-c3cnc(Cl)c(Cl)c3)cc2F)CC1. The second kappa shape index (κ2) is 7.19. The largest absolute Gasteiger partial charge is 0.242 e. The minimum Gasteiger partial charge on any atom is -0.242 e. The molecular formula is C19H20Cl2FN. The summed E-state index contributed by atoms with van der Waals surface area (Å²) in [6.45, 7) is 2.24. The molecule has 0 bridgehead atoms. The Kier molecular flexibility index (Phi) is 5.23. The average Bonchev–Trinajstić information content (AvgIpc) is 2.57. The van der Waals surface area contributed by atoms with E-state index in [1.807, 2.05) is 12.1 Å². The normalized spacial score (nSPS) is 21.4. The summed E-state index contributed by atoms with van der Waals surface area (Å²) in [7, 11) is 0. The van der Waals surface area contributed by atoms with Gasteiger partial charge in [0.1, 0.15) is 11.0 Å². The van der Waals surface area contributed by atoms with E-state index in [9.17, 15) is 4.39 Å². The van der Waals surface area contributed by atoms with Crippen molar-refractivity contribution in [2.75, 3.05) is 0 Å². The summed E-state index contributed by atoms with van der Waals surface area (Å²) in [4.78, 5) is 4.03. The predicted molar refractivity (Wildman–Crippen MR) is 94.6 cm³/mol. The molecule has 0 radical (unpaired) electrons. The van der Waals surface area contributed by atoms with Crippen LogP contribution in [0.3, 0.4) is 0 Å². The maximum absolute atomic E-state index is 14.6. The third kappa shape index (κ3) is 3.70. The fraction of sp³-hybridized carbons (Fsp3) is 0.421. The van der Waals surface area contributed by atoms with Gasteiger partial charge in [-0.25, -0.2) is 9.37 Å². The summed E-state index contributed by atoms with van der Waals surface area (Å²) in [6, 6.07) is 7.18. The van der Waals surface area contributed by atoms with Crippen LogP contribution in [0.5, 0.6) is 0 Å². The smallest absolute Gasteiger partial charge is 0.147 e. The molecule has 2 aromatic rings. The van der Waals surface area contributed by atoms with Crippen molar-refractivity contribution < 1.29 is 4.39 Å². The quantitative estimate of drug-likeness (QED) is 0.549. The first-order valence-corrected chi connectivity index (χ1v) is 8.95. The number of hydrogen-bond acceptors (Lipinski definition) is 1. The van der Waals surface area contributed by atoms with Crippen LogP contribution in [0.15, 0.2) is 30.5 Å². The van der Waals surface area contributed by atoms with Crippen molar-refractivity contribution in [1.29, 1.82) is 0 Å². The van der Waals surface area contributed by atoms with Crippen molar-refractivity contribution in [3.8, 4) is 11.1 Å². The Bertz CT molecular complexity index is 694. The molecule has 1 aliphatic carbocycles. The Labute approximate surface area is 146 Å². The van der Waals surface area contributed by atoms with Gasteiger partial charge in [-0.1, -0.05) is 48.7 Å². The fourth-order valence-electron chi connectivity index (χ4n) is 3.50. The number of benzene rings is 1. The topological polar surface area (TPSA) is 12.9 Å². The first-order chi connectivity index (χ1) is 11.1. The van der Waals surface area contributed by atoms with Crippen LogP contribution >= 0.6 is 23.2 Å². The standard InChI is InChI=1S/C19H20Cl2FN/c1-2-12-3-5-13(6-4-12)16-8-7-14(10-18(16)22)15-9-17(20)19(21)23-11-15/h7-13H,2-6H2,1H3/t12-,13-. The number of hydrogen-bond donors (Lipinski definition) is 0. The van der Waals surface area contributed by atoms with Gasteiger partial charge in [-0.3, -0.25) is 0 Å². The van der Waals surface area contributed by atoms with Crippen LogP contribution in [0.1, 0.15) is 50.5 Å². The summed E-state index contributed by atoms with van der Waals surface area (Å²) >= 11 is 11.8. The Balaban J connectivity index is 1.82. The van der Waals surface area contributed by atoms with Crippen molar-refractivity contribution >= 4 is 23.2 Å². The fourth-order valence-corrected chi connectivity index (χ4v) is 3.77. The van der Waals surface area contributed by atoms with Crippen molar-refractivity contribution in [3.63, 3.8) is 0 Å². The second-order valence-corrected chi connectivity index (χ2v) is 7.12. The molecule has 0 saturated heterocycles. The van der Waals surface area contributed by atoms with Gasteiger partial charge in [0, 0.05) is 11.8 Å². The van der Waals surface area contributed by atoms with Crippen LogP contribution in [-0.2, 0) is 0 Å². The summed E-state index contributed by atoms with van der Waals surface area (Å²) in [5.74, 6) is 1.03. The molecule has 1 saturated carbocycles. The van der Waals surface area contributed by atoms with Crippen molar-refractivity contribution in [2.45, 2.75) is 44.9 Å². The number of halogens is 3. The highest BCUT2D eigenvalue weighted by Crippen LogP contribution is 2.38. The van der Waals surface area contributed by atoms with Crippen LogP contribution in [-0.4, -0.2) is 4.98 Å². The molecule has 0 amide bonds. The molecule has 0 N–H and O–H groups in total. The van der Waals surface area contributed by atoms with Gasteiger partial charge in [0.2, 0.25) is 0 Å². The van der Waals surface area contributed by atoms with E-state index in [1.54, 1.807) is 18.3 Å². The van der Waals surface area contributed by atoms with Crippen molar-refractivity contribution in [2.24, 2.45) is 5.92 Å². The van der Waals surface area contributed by atoms with Gasteiger partial charge in [0.15, 0.2) is 0 Å². The lowest BCUT2D eigenvalue weighted by Gasteiger charge is -2.28. The maximum Gasteiger partial charge on any atom is 0.147 e. The zero-order valence-corrected chi connectivity index (χ0v) is 14.7. The van der Waals surface area contributed by atoms with Crippen LogP contribution in [0.2, 0.25) is 10.2 Å². The maximum atomic E-state index is 14.6. The second-order valence-electron chi connectivity index (χ2n) is 6.36. The molecule has 1 heterocycles. The minimum absolute atomic E-state index is 0.131. The highest BCUT2D eigenvalue weighted by molar-refractivity contribution is 6.41. The zero-order chi connectivity index (χ0) is 16.4. The summed E-state index contributed by atoms with van der Waals surface area (Å²) in [5, 5.41) is 0.645. The molecule has 1 nitrogen and oxygen atoms in total. The van der Waals surface area contributed by atoms with Gasteiger partial charge in [-0.05, 0) is 60.8 Å². The highest BCUT2D eigenvalue weighted by Gasteiger charge is 2.23. The third-order valence-corrected chi connectivity index (χ3v) is 5.68. The molecule has 0 unspecified atom stereocenters. The average molecular weight is 352 g/mol. The number of pyridine rings is 1. The van der Waals surface area contributed by atoms with E-state index in [1.165, 1.54) is 19.3 Å². The molecular weight excluding hydrogens is 332 g/mol. The molecule has 23 heavy (non-hydrogen) atoms. The van der Waals surface area contributed by atoms with E-state index >= 15 is 0 Å². The third-order valence-electron chi connectivity index (χ3n) is 4.99. The Hall–Kier alpha value is -1.12. The van der Waals surface area contributed by atoms with Crippen molar-refractivity contribution in [3.05, 3.63) is 52.0 Å². The summed E-state index contributed by atoms with van der Waals surface area (Å²) < 4.78 is 14.6. The van der Waals surface area contributed by atoms with Gasteiger partial charge < -0.3 is 0 Å². The Morgan fingerprint density at radius 3 is 2.43 bits per heavy atom. The van der Waals surface area contributed by atoms with E-state index in [0.717, 1.165) is 35.4 Å². The molecule has 3 rings (SSSR count). The van der Waals surface area contributed by atoms with E-state index in [0.29, 0.717) is 10.9 Å². The molecule has 0 atom stereocenters. The lowest BCUT2D eigenvalue weighted by Crippen LogP contribution is -2.13. The number of aromatic nitrogens is 1. The van der Waals surface area contributed by atoms with Gasteiger partial charge >= 0.3 is 0 Å². The minimum atomic E-state index is -0.131. The van der Waals surface area contributed by atoms with Crippen LogP contribution < -0.4 is 0 Å². The van der Waals surface area contributed by atoms with E-state index in [4.69, 9.17) is 23.2 Å². The Morgan fingerprint density at radius 1 is 1.09 bits per heavy atom. The molecule has 122 valence electrons. The molecule has 1 aliphatic rings. The first kappa shape index (κ1) is 16.7. The lowest BCUT2D eigenvalue weighted by atomic mass is 9.77. The molecule has 0 spiro atoms. The van der Waals surface area contributed by atoms with E-state index in [-0.39, 0.29) is 11.0 Å².